The molecule has 4 N–H and O–H groups in total. The molecule has 1 heterocycles. The van der Waals surface area contributed by atoms with E-state index in [4.69, 9.17) is 9.84 Å². The van der Waals surface area contributed by atoms with E-state index >= 15 is 8.78 Å². The molecule has 4 aromatic carbocycles. The van der Waals surface area contributed by atoms with Crippen LogP contribution in [0.3, 0.4) is 0 Å². The lowest BCUT2D eigenvalue weighted by molar-refractivity contribution is -0.157. The van der Waals surface area contributed by atoms with Gasteiger partial charge in [0.15, 0.2) is 0 Å². The Morgan fingerprint density at radius 3 is 2.13 bits per heavy atom. The lowest BCUT2D eigenvalue weighted by atomic mass is 9.98. The van der Waals surface area contributed by atoms with Gasteiger partial charge in [-0.2, -0.15) is 8.78 Å². The molecular weight excluding hydrogens is 704 g/mol. The van der Waals surface area contributed by atoms with Gasteiger partial charge in [-0.05, 0) is 48.4 Å². The lowest BCUT2D eigenvalue weighted by Gasteiger charge is -2.23. The van der Waals surface area contributed by atoms with E-state index in [0.29, 0.717) is 16.7 Å². The second-order valence-corrected chi connectivity index (χ2v) is 12.0. The first kappa shape index (κ1) is 38.2. The molecule has 1 aromatic heterocycles. The summed E-state index contributed by atoms with van der Waals surface area (Å²) in [6.07, 6.45) is -0.341. The number of ketones is 1. The number of Topliss-reactive ketones (excluding diaryl/α,β-unsaturated/α-hetero) is 1. The molecule has 3 amide bonds. The van der Waals surface area contributed by atoms with E-state index in [9.17, 15) is 28.8 Å². The number of amides is 3. The number of ether oxygens (including phenoxy) is 1. The van der Waals surface area contributed by atoms with E-state index in [0.717, 1.165) is 40.6 Å². The van der Waals surface area contributed by atoms with E-state index in [1.54, 1.807) is 79.7 Å². The highest BCUT2D eigenvalue weighted by molar-refractivity contribution is 6.15. The zero-order chi connectivity index (χ0) is 38.8. The highest BCUT2D eigenvalue weighted by Gasteiger charge is 2.50. The Labute approximate surface area is 306 Å². The number of rotatable bonds is 14. The number of aromatic carboxylic acids is 1. The van der Waals surface area contributed by atoms with Crippen LogP contribution in [0, 0.1) is 6.92 Å². The Hall–Kier alpha value is -7.03. The van der Waals surface area contributed by atoms with Crippen molar-refractivity contribution in [1.82, 2.24) is 14.9 Å². The molecular formula is C39H33F2N5O8. The molecule has 0 spiro atoms. The molecule has 0 saturated carbocycles. The van der Waals surface area contributed by atoms with E-state index in [2.05, 4.69) is 15.6 Å². The van der Waals surface area contributed by atoms with Crippen molar-refractivity contribution in [3.8, 4) is 11.4 Å². The van der Waals surface area contributed by atoms with Crippen LogP contribution in [0.4, 0.5) is 25.0 Å². The first-order chi connectivity index (χ1) is 25.8. The second kappa shape index (κ2) is 17.0. The highest BCUT2D eigenvalue weighted by Crippen LogP contribution is 2.23. The van der Waals surface area contributed by atoms with E-state index in [-0.39, 0.29) is 29.4 Å². The van der Waals surface area contributed by atoms with Crippen molar-refractivity contribution in [2.75, 3.05) is 10.6 Å². The molecule has 0 bridgehead atoms. The van der Waals surface area contributed by atoms with Crippen molar-refractivity contribution in [3.05, 3.63) is 148 Å². The highest BCUT2D eigenvalue weighted by atomic mass is 19.3. The smallest absolute Gasteiger partial charge is 0.412 e. The number of hydrogen-bond acceptors (Lipinski definition) is 8. The molecule has 13 nitrogen and oxygen atoms in total. The number of carboxylic acid groups (broad SMARTS) is 1. The fraction of sp³-hybridized carbons (Fsp3) is 0.154. The van der Waals surface area contributed by atoms with Gasteiger partial charge in [-0.1, -0.05) is 84.4 Å². The van der Waals surface area contributed by atoms with Crippen LogP contribution in [0.25, 0.3) is 11.4 Å². The molecule has 0 fully saturated rings. The number of aryl methyl sites for hydroxylation is 1. The zero-order valence-electron chi connectivity index (χ0n) is 28.6. The molecule has 54 heavy (non-hydrogen) atoms. The van der Waals surface area contributed by atoms with Gasteiger partial charge in [0.05, 0.1) is 17.8 Å². The van der Waals surface area contributed by atoms with Crippen LogP contribution < -0.4 is 21.5 Å². The van der Waals surface area contributed by atoms with Crippen LogP contribution in [0.1, 0.15) is 27.0 Å². The number of alkyl halides is 2. The lowest BCUT2D eigenvalue weighted by Crippen LogP contribution is -2.54. The van der Waals surface area contributed by atoms with Crippen molar-refractivity contribution in [3.63, 3.8) is 0 Å². The van der Waals surface area contributed by atoms with Crippen LogP contribution in [0.15, 0.2) is 120 Å². The van der Waals surface area contributed by atoms with Crippen LogP contribution in [0.2, 0.25) is 0 Å². The molecule has 5 aromatic rings. The Bertz CT molecular complexity index is 2230. The Kier molecular flexibility index (Phi) is 12.0. The number of nitrogens with zero attached hydrogens (tertiary/aromatic N) is 2. The van der Waals surface area contributed by atoms with E-state index in [1.807, 2.05) is 5.32 Å². The monoisotopic (exact) mass is 737 g/mol. The van der Waals surface area contributed by atoms with E-state index < -0.39 is 60.1 Å². The number of carboxylic acids is 1. The maximum Gasteiger partial charge on any atom is 0.412 e. The van der Waals surface area contributed by atoms with Gasteiger partial charge in [0.2, 0.25) is 11.7 Å². The number of anilines is 2. The van der Waals surface area contributed by atoms with Gasteiger partial charge in [-0.25, -0.2) is 14.6 Å². The predicted molar refractivity (Wildman–Crippen MR) is 193 cm³/mol. The minimum absolute atomic E-state index is 0.00777. The number of hydrogen-bond donors (Lipinski definition) is 4. The number of nitrogens with one attached hydrogen (secondary N) is 3. The van der Waals surface area contributed by atoms with Crippen molar-refractivity contribution in [2.24, 2.45) is 0 Å². The molecule has 276 valence electrons. The van der Waals surface area contributed by atoms with Crippen molar-refractivity contribution >= 4 is 41.0 Å². The molecule has 0 radical (unpaired) electrons. The molecule has 0 aliphatic rings. The maximum atomic E-state index is 15.5. The first-order valence-electron chi connectivity index (χ1n) is 16.4. The SMILES string of the molecule is Cc1cccc(-c2ncc(NC(=O)OCc3ccccc3)c(=O)n2CC(=O)NC(Cc2ccccc2)C(=O)C(F)(F)C(=O)Nc2ccc(C(=O)O)cc2)c1. The van der Waals surface area contributed by atoms with Crippen LogP contribution >= 0.6 is 0 Å². The Morgan fingerprint density at radius 2 is 1.50 bits per heavy atom. The average Bonchev–Trinajstić information content (AvgIpc) is 3.16. The quantitative estimate of drug-likeness (QED) is 0.111. The van der Waals surface area contributed by atoms with Gasteiger partial charge in [-0.15, -0.1) is 0 Å². The van der Waals surface area contributed by atoms with Gasteiger partial charge >= 0.3 is 23.9 Å². The number of carbonyl (C=O) groups excluding carboxylic acids is 4. The van der Waals surface area contributed by atoms with Crippen molar-refractivity contribution in [2.45, 2.75) is 38.5 Å². The summed E-state index contributed by atoms with van der Waals surface area (Å²) in [5.74, 6) is -11.0. The first-order valence-corrected chi connectivity index (χ1v) is 16.4. The standard InChI is InChI=1S/C39H33F2N5O8/c1-24-9-8-14-28(19-24)34-42-21-31(45-38(53)54-23-26-12-6-3-7-13-26)35(49)46(34)22-32(47)44-30(20-25-10-4-2-5-11-25)33(48)39(40,41)37(52)43-29-17-15-27(16-18-29)36(50)51/h2-19,21,30H,20,22-23H2,1H3,(H,43,52)(H,44,47)(H,45,53)(H,50,51). The summed E-state index contributed by atoms with van der Waals surface area (Å²) in [6, 6.07) is 25.8. The number of halogens is 2. The summed E-state index contributed by atoms with van der Waals surface area (Å²) in [7, 11) is 0. The number of benzene rings is 4. The largest absolute Gasteiger partial charge is 0.478 e. The van der Waals surface area contributed by atoms with E-state index in [1.165, 1.54) is 12.1 Å². The maximum absolute atomic E-state index is 15.5. The van der Waals surface area contributed by atoms with Gasteiger partial charge in [-0.3, -0.25) is 29.1 Å². The average molecular weight is 738 g/mol. The summed E-state index contributed by atoms with van der Waals surface area (Å²) >= 11 is 0. The van der Waals surface area contributed by atoms with Crippen LogP contribution in [0.5, 0.6) is 0 Å². The normalized spacial score (nSPS) is 11.5. The fourth-order valence-corrected chi connectivity index (χ4v) is 5.29. The number of carbonyl (C=O) groups is 5. The summed E-state index contributed by atoms with van der Waals surface area (Å²) in [6.45, 7) is 0.850. The minimum Gasteiger partial charge on any atom is -0.478 e. The Balaban J connectivity index is 1.41. The van der Waals surface area contributed by atoms with Crippen LogP contribution in [-0.2, 0) is 38.7 Å². The third kappa shape index (κ3) is 9.64. The summed E-state index contributed by atoms with van der Waals surface area (Å²) in [5.41, 5.74) is 0.653. The molecule has 0 aliphatic heterocycles. The van der Waals surface area contributed by atoms with Gasteiger partial charge in [0.1, 0.15) is 24.7 Å². The summed E-state index contributed by atoms with van der Waals surface area (Å²) < 4.78 is 37.2. The molecule has 0 aliphatic carbocycles. The topological polar surface area (TPSA) is 186 Å². The van der Waals surface area contributed by atoms with Crippen LogP contribution in [-0.4, -0.2) is 56.3 Å². The van der Waals surface area contributed by atoms with Crippen molar-refractivity contribution < 1.29 is 42.6 Å². The molecule has 1 atom stereocenters. The van der Waals surface area contributed by atoms with Gasteiger partial charge < -0.3 is 20.5 Å². The van der Waals surface area contributed by atoms with Crippen molar-refractivity contribution in [1.29, 1.82) is 0 Å². The third-order valence-corrected chi connectivity index (χ3v) is 7.99. The summed E-state index contributed by atoms with van der Waals surface area (Å²) in [5, 5.41) is 15.6. The van der Waals surface area contributed by atoms with Gasteiger partial charge in [0.25, 0.3) is 5.56 Å². The molecule has 15 heteroatoms. The predicted octanol–water partition coefficient (Wildman–Crippen LogP) is 5.24. The second-order valence-electron chi connectivity index (χ2n) is 12.0. The summed E-state index contributed by atoms with van der Waals surface area (Å²) in [4.78, 5) is 81.6. The molecule has 5 rings (SSSR count). The fourth-order valence-electron chi connectivity index (χ4n) is 5.29. The Morgan fingerprint density at radius 1 is 0.852 bits per heavy atom. The third-order valence-electron chi connectivity index (χ3n) is 7.99. The van der Waals surface area contributed by atoms with Gasteiger partial charge in [0, 0.05) is 17.7 Å². The minimum atomic E-state index is -4.67. The zero-order valence-corrected chi connectivity index (χ0v) is 28.6. The molecule has 0 saturated heterocycles. The molecule has 1 unspecified atom stereocenters. The number of aromatic nitrogens is 2.